The van der Waals surface area contributed by atoms with Gasteiger partial charge in [0.15, 0.2) is 15.1 Å². The Morgan fingerprint density at radius 2 is 1.71 bits per heavy atom. The number of nitrogens with one attached hydrogen (secondary N) is 1. The smallest absolute Gasteiger partial charge is 0.241 e. The number of hydrogen-bond donors (Lipinski definition) is 1. The molecule has 0 radical (unpaired) electrons. The van der Waals surface area contributed by atoms with E-state index < -0.39 is 27.0 Å². The first kappa shape index (κ1) is 13.8. The molecule has 1 aliphatic rings. The molecule has 1 fully saturated rings. The van der Waals surface area contributed by atoms with Crippen molar-refractivity contribution in [2.45, 2.75) is 23.1 Å². The minimum atomic E-state index is -3.68. The molecule has 0 bridgehead atoms. The van der Waals surface area contributed by atoms with Crippen LogP contribution in [0, 0.1) is 6.92 Å². The van der Waals surface area contributed by atoms with Gasteiger partial charge in [-0.1, -0.05) is 42.5 Å². The van der Waals surface area contributed by atoms with Crippen LogP contribution in [0.4, 0.5) is 0 Å². The predicted molar refractivity (Wildman–Crippen MR) is 79.5 cm³/mol. The number of amides is 1. The lowest BCUT2D eigenvalue weighted by Crippen LogP contribution is -2.59. The van der Waals surface area contributed by atoms with E-state index in [-0.39, 0.29) is 4.90 Å². The van der Waals surface area contributed by atoms with Crippen LogP contribution in [0.5, 0.6) is 0 Å². The van der Waals surface area contributed by atoms with Crippen molar-refractivity contribution in [2.75, 3.05) is 0 Å². The number of rotatable bonds is 3. The fourth-order valence-electron chi connectivity index (χ4n) is 2.54. The molecule has 2 aromatic carbocycles. The maximum atomic E-state index is 12.7. The van der Waals surface area contributed by atoms with E-state index in [2.05, 4.69) is 5.32 Å². The van der Waals surface area contributed by atoms with Crippen molar-refractivity contribution in [3.8, 4) is 0 Å². The maximum absolute atomic E-state index is 12.7. The molecular weight excluding hydrogens is 286 g/mol. The summed E-state index contributed by atoms with van der Waals surface area (Å²) < 4.78 is 25.4. The Kier molecular flexibility index (Phi) is 3.29. The molecule has 1 heterocycles. The zero-order valence-corrected chi connectivity index (χ0v) is 12.3. The molecule has 21 heavy (non-hydrogen) atoms. The first-order valence-electron chi connectivity index (χ1n) is 6.66. The predicted octanol–water partition coefficient (Wildman–Crippen LogP) is 2.01. The molecule has 1 saturated heterocycles. The second-order valence-corrected chi connectivity index (χ2v) is 7.25. The standard InChI is InChI=1S/C16H15NO3S/c1-11-6-5-9-13(10-11)21(19,20)15-14(17-16(15)18)12-7-3-2-4-8-12/h2-10,14-15H,1H3,(H,17,18)/t14-,15-/m1/s1. The van der Waals surface area contributed by atoms with E-state index in [1.807, 2.05) is 43.3 Å². The third kappa shape index (κ3) is 2.34. The van der Waals surface area contributed by atoms with Crippen LogP contribution in [0.3, 0.4) is 0 Å². The Bertz CT molecular complexity index is 784. The highest BCUT2D eigenvalue weighted by atomic mass is 32.2. The lowest BCUT2D eigenvalue weighted by atomic mass is 9.97. The van der Waals surface area contributed by atoms with Gasteiger partial charge in [-0.3, -0.25) is 4.79 Å². The van der Waals surface area contributed by atoms with Gasteiger partial charge < -0.3 is 5.32 Å². The second kappa shape index (κ2) is 5.00. The maximum Gasteiger partial charge on any atom is 0.241 e. The van der Waals surface area contributed by atoms with Gasteiger partial charge in [0.2, 0.25) is 5.91 Å². The molecule has 1 aliphatic heterocycles. The van der Waals surface area contributed by atoms with E-state index in [1.165, 1.54) is 6.07 Å². The monoisotopic (exact) mass is 301 g/mol. The van der Waals surface area contributed by atoms with Crippen molar-refractivity contribution in [2.24, 2.45) is 0 Å². The second-order valence-electron chi connectivity index (χ2n) is 5.18. The molecule has 0 unspecified atom stereocenters. The van der Waals surface area contributed by atoms with Gasteiger partial charge in [0, 0.05) is 0 Å². The SMILES string of the molecule is Cc1cccc(S(=O)(=O)[C@H]2C(=O)N[C@@H]2c2ccccc2)c1. The van der Waals surface area contributed by atoms with E-state index in [4.69, 9.17) is 0 Å². The molecule has 1 amide bonds. The van der Waals surface area contributed by atoms with Crippen molar-refractivity contribution >= 4 is 15.7 Å². The largest absolute Gasteiger partial charge is 0.346 e. The highest BCUT2D eigenvalue weighted by molar-refractivity contribution is 7.93. The number of β-lactam (4-membered cyclic amide) rings is 1. The number of aryl methyl sites for hydroxylation is 1. The van der Waals surface area contributed by atoms with Gasteiger partial charge >= 0.3 is 0 Å². The molecule has 0 aromatic heterocycles. The summed E-state index contributed by atoms with van der Waals surface area (Å²) >= 11 is 0. The zero-order valence-electron chi connectivity index (χ0n) is 11.5. The van der Waals surface area contributed by atoms with Gasteiger partial charge in [-0.25, -0.2) is 8.42 Å². The Hall–Kier alpha value is -2.14. The summed E-state index contributed by atoms with van der Waals surface area (Å²) in [7, 11) is -3.68. The van der Waals surface area contributed by atoms with E-state index in [9.17, 15) is 13.2 Å². The van der Waals surface area contributed by atoms with Gasteiger partial charge in [-0.2, -0.15) is 0 Å². The third-order valence-corrected chi connectivity index (χ3v) is 5.74. The van der Waals surface area contributed by atoms with Crippen LogP contribution in [0.25, 0.3) is 0 Å². The van der Waals surface area contributed by atoms with Gasteiger partial charge in [0.25, 0.3) is 0 Å². The Morgan fingerprint density at radius 1 is 1.00 bits per heavy atom. The lowest BCUT2D eigenvalue weighted by molar-refractivity contribution is -0.127. The average Bonchev–Trinajstić information content (AvgIpc) is 2.45. The van der Waals surface area contributed by atoms with E-state index in [0.29, 0.717) is 0 Å². The number of hydrogen-bond acceptors (Lipinski definition) is 3. The first-order chi connectivity index (χ1) is 10.00. The normalized spacial score (nSPS) is 21.5. The fraction of sp³-hybridized carbons (Fsp3) is 0.188. The number of sulfone groups is 1. The molecule has 5 heteroatoms. The first-order valence-corrected chi connectivity index (χ1v) is 8.21. The van der Waals surface area contributed by atoms with E-state index in [0.717, 1.165) is 11.1 Å². The summed E-state index contributed by atoms with van der Waals surface area (Å²) in [5.41, 5.74) is 1.66. The minimum absolute atomic E-state index is 0.197. The molecule has 2 atom stereocenters. The summed E-state index contributed by atoms with van der Waals surface area (Å²) in [6.07, 6.45) is 0. The molecule has 1 N–H and O–H groups in total. The van der Waals surface area contributed by atoms with Crippen LogP contribution in [-0.2, 0) is 14.6 Å². The van der Waals surface area contributed by atoms with Crippen molar-refractivity contribution in [1.82, 2.24) is 5.32 Å². The summed E-state index contributed by atoms with van der Waals surface area (Å²) in [6, 6.07) is 15.3. The average molecular weight is 301 g/mol. The van der Waals surface area contributed by atoms with Gasteiger partial charge in [-0.15, -0.1) is 0 Å². The number of benzene rings is 2. The highest BCUT2D eigenvalue weighted by Gasteiger charge is 2.49. The molecule has 108 valence electrons. The Morgan fingerprint density at radius 3 is 2.33 bits per heavy atom. The lowest BCUT2D eigenvalue weighted by Gasteiger charge is -2.36. The fourth-order valence-corrected chi connectivity index (χ4v) is 4.39. The number of carbonyl (C=O) groups is 1. The molecular formula is C16H15NO3S. The van der Waals surface area contributed by atoms with Gasteiger partial charge in [0.1, 0.15) is 0 Å². The summed E-state index contributed by atoms with van der Waals surface area (Å²) in [6.45, 7) is 1.83. The Labute approximate surface area is 123 Å². The van der Waals surface area contributed by atoms with Crippen LogP contribution < -0.4 is 5.32 Å². The van der Waals surface area contributed by atoms with Crippen molar-refractivity contribution in [3.05, 3.63) is 65.7 Å². The van der Waals surface area contributed by atoms with Gasteiger partial charge in [-0.05, 0) is 30.2 Å². The minimum Gasteiger partial charge on any atom is -0.346 e. The van der Waals surface area contributed by atoms with Crippen LogP contribution >= 0.6 is 0 Å². The van der Waals surface area contributed by atoms with E-state index >= 15 is 0 Å². The summed E-state index contributed by atoms with van der Waals surface area (Å²) in [5, 5.41) is 1.63. The molecule has 2 aromatic rings. The van der Waals surface area contributed by atoms with Crippen LogP contribution in [-0.4, -0.2) is 19.6 Å². The third-order valence-electron chi connectivity index (χ3n) is 3.67. The van der Waals surface area contributed by atoms with E-state index in [1.54, 1.807) is 12.1 Å². The van der Waals surface area contributed by atoms with Crippen molar-refractivity contribution in [1.29, 1.82) is 0 Å². The quantitative estimate of drug-likeness (QED) is 0.882. The molecule has 3 rings (SSSR count). The van der Waals surface area contributed by atoms with Crippen molar-refractivity contribution in [3.63, 3.8) is 0 Å². The molecule has 0 spiro atoms. The topological polar surface area (TPSA) is 63.2 Å². The van der Waals surface area contributed by atoms with Gasteiger partial charge in [0.05, 0.1) is 10.9 Å². The van der Waals surface area contributed by atoms with Crippen LogP contribution in [0.15, 0.2) is 59.5 Å². The highest BCUT2D eigenvalue weighted by Crippen LogP contribution is 2.33. The molecule has 4 nitrogen and oxygen atoms in total. The van der Waals surface area contributed by atoms with Crippen LogP contribution in [0.2, 0.25) is 0 Å². The van der Waals surface area contributed by atoms with Crippen LogP contribution in [0.1, 0.15) is 17.2 Å². The molecule has 0 aliphatic carbocycles. The summed E-state index contributed by atoms with van der Waals surface area (Å²) in [5.74, 6) is -0.439. The Balaban J connectivity index is 2.00. The number of carbonyl (C=O) groups excluding carboxylic acids is 1. The summed E-state index contributed by atoms with van der Waals surface area (Å²) in [4.78, 5) is 12.0. The molecule has 0 saturated carbocycles. The zero-order chi connectivity index (χ0) is 15.0. The van der Waals surface area contributed by atoms with Crippen molar-refractivity contribution < 1.29 is 13.2 Å².